The Morgan fingerprint density at radius 3 is 1.53 bits per heavy atom. The summed E-state index contributed by atoms with van der Waals surface area (Å²) in [4.78, 5) is 26.4. The van der Waals surface area contributed by atoms with E-state index in [1.54, 1.807) is 24.3 Å². The fraction of sp³-hybridized carbons (Fsp3) is 0. The SMILES string of the molecule is O=C(/C=C(/NN(C(=O)c1ccccc1)c1ccccc1)c1ccccc1)c1ccccc1. The number of amides is 1. The number of para-hydroxylation sites is 1. The highest BCUT2D eigenvalue weighted by Gasteiger charge is 2.20. The van der Waals surface area contributed by atoms with Crippen molar-refractivity contribution in [2.45, 2.75) is 0 Å². The highest BCUT2D eigenvalue weighted by Crippen LogP contribution is 2.20. The quantitative estimate of drug-likeness (QED) is 0.236. The van der Waals surface area contributed by atoms with Crippen molar-refractivity contribution in [1.82, 2.24) is 5.43 Å². The number of benzene rings is 4. The number of hydrogen-bond acceptors (Lipinski definition) is 3. The Kier molecular flexibility index (Phi) is 6.54. The molecule has 4 heteroatoms. The molecule has 0 aliphatic rings. The van der Waals surface area contributed by atoms with E-state index in [0.29, 0.717) is 22.5 Å². The fourth-order valence-corrected chi connectivity index (χ4v) is 3.25. The average Bonchev–Trinajstić information content (AvgIpc) is 2.88. The van der Waals surface area contributed by atoms with Crippen LogP contribution in [0.25, 0.3) is 5.70 Å². The van der Waals surface area contributed by atoms with Crippen molar-refractivity contribution in [2.75, 3.05) is 5.01 Å². The third-order valence-corrected chi connectivity index (χ3v) is 4.89. The van der Waals surface area contributed by atoms with Crippen molar-refractivity contribution in [1.29, 1.82) is 0 Å². The number of rotatable bonds is 7. The molecule has 0 spiro atoms. The molecule has 32 heavy (non-hydrogen) atoms. The molecule has 0 unspecified atom stereocenters. The molecule has 0 atom stereocenters. The third kappa shape index (κ3) is 4.99. The minimum atomic E-state index is -0.231. The van der Waals surface area contributed by atoms with Gasteiger partial charge in [0.2, 0.25) is 0 Å². The Balaban J connectivity index is 1.76. The van der Waals surface area contributed by atoms with Crippen molar-refractivity contribution >= 4 is 23.1 Å². The lowest BCUT2D eigenvalue weighted by Crippen LogP contribution is -2.42. The zero-order valence-corrected chi connectivity index (χ0v) is 17.4. The summed E-state index contributed by atoms with van der Waals surface area (Å²) in [6, 6.07) is 36.9. The van der Waals surface area contributed by atoms with Gasteiger partial charge in [-0.25, -0.2) is 5.01 Å². The number of hydrazine groups is 1. The minimum absolute atomic E-state index is 0.155. The maximum atomic E-state index is 13.4. The topological polar surface area (TPSA) is 49.4 Å². The van der Waals surface area contributed by atoms with Crippen LogP contribution >= 0.6 is 0 Å². The van der Waals surface area contributed by atoms with Gasteiger partial charge in [-0.15, -0.1) is 0 Å². The Morgan fingerprint density at radius 2 is 1.00 bits per heavy atom. The van der Waals surface area contributed by atoms with Crippen LogP contribution in [0.4, 0.5) is 5.69 Å². The van der Waals surface area contributed by atoms with Crippen LogP contribution in [-0.2, 0) is 0 Å². The highest BCUT2D eigenvalue weighted by molar-refractivity contribution is 6.10. The Morgan fingerprint density at radius 1 is 0.562 bits per heavy atom. The molecule has 0 aliphatic carbocycles. The normalized spacial score (nSPS) is 10.9. The third-order valence-electron chi connectivity index (χ3n) is 4.89. The van der Waals surface area contributed by atoms with Crippen LogP contribution in [0.15, 0.2) is 127 Å². The lowest BCUT2D eigenvalue weighted by Gasteiger charge is -2.26. The second-order valence-corrected chi connectivity index (χ2v) is 7.11. The molecule has 0 aromatic heterocycles. The Hall–Kier alpha value is -4.44. The molecular weight excluding hydrogens is 396 g/mol. The van der Waals surface area contributed by atoms with Gasteiger partial charge in [-0.3, -0.25) is 15.0 Å². The molecule has 4 nitrogen and oxygen atoms in total. The van der Waals surface area contributed by atoms with Crippen molar-refractivity contribution in [3.8, 4) is 0 Å². The van der Waals surface area contributed by atoms with Gasteiger partial charge in [0.25, 0.3) is 5.91 Å². The van der Waals surface area contributed by atoms with Crippen molar-refractivity contribution in [2.24, 2.45) is 0 Å². The molecule has 4 aromatic carbocycles. The molecule has 156 valence electrons. The Bertz CT molecular complexity index is 1210. The van der Waals surface area contributed by atoms with Crippen LogP contribution in [0, 0.1) is 0 Å². The summed E-state index contributed by atoms with van der Waals surface area (Å²) >= 11 is 0. The van der Waals surface area contributed by atoms with Crippen LogP contribution in [-0.4, -0.2) is 11.7 Å². The van der Waals surface area contributed by atoms with Gasteiger partial charge in [-0.2, -0.15) is 0 Å². The highest BCUT2D eigenvalue weighted by atomic mass is 16.2. The zero-order chi connectivity index (χ0) is 22.2. The van der Waals surface area contributed by atoms with Crippen LogP contribution in [0.1, 0.15) is 26.3 Å². The van der Waals surface area contributed by atoms with E-state index in [1.165, 1.54) is 11.1 Å². The number of anilines is 1. The number of hydrogen-bond donors (Lipinski definition) is 1. The predicted molar refractivity (Wildman–Crippen MR) is 128 cm³/mol. The van der Waals surface area contributed by atoms with Gasteiger partial charge in [-0.05, 0) is 29.8 Å². The molecule has 0 saturated carbocycles. The van der Waals surface area contributed by atoms with Crippen LogP contribution in [0.2, 0.25) is 0 Å². The maximum Gasteiger partial charge on any atom is 0.276 e. The molecule has 0 radical (unpaired) electrons. The summed E-state index contributed by atoms with van der Waals surface area (Å²) in [5, 5.41) is 1.46. The van der Waals surface area contributed by atoms with Gasteiger partial charge in [0.1, 0.15) is 0 Å². The van der Waals surface area contributed by atoms with Gasteiger partial charge in [0.05, 0.1) is 11.4 Å². The fourth-order valence-electron chi connectivity index (χ4n) is 3.25. The summed E-state index contributed by atoms with van der Waals surface area (Å²) < 4.78 is 0. The van der Waals surface area contributed by atoms with Gasteiger partial charge < -0.3 is 0 Å². The molecule has 0 bridgehead atoms. The van der Waals surface area contributed by atoms with E-state index < -0.39 is 0 Å². The standard InChI is InChI=1S/C28H22N2O2/c31-27(23-15-7-2-8-16-23)21-26(22-13-5-1-6-14-22)29-30(25-19-11-4-12-20-25)28(32)24-17-9-3-10-18-24/h1-21,29H/b26-21+. The van der Waals surface area contributed by atoms with E-state index in [-0.39, 0.29) is 11.7 Å². The van der Waals surface area contributed by atoms with Gasteiger partial charge in [0.15, 0.2) is 5.78 Å². The summed E-state index contributed by atoms with van der Waals surface area (Å²) in [5.74, 6) is -0.386. The van der Waals surface area contributed by atoms with E-state index >= 15 is 0 Å². The molecule has 0 saturated heterocycles. The van der Waals surface area contributed by atoms with Crippen molar-refractivity contribution in [3.63, 3.8) is 0 Å². The minimum Gasteiger partial charge on any atom is -0.290 e. The molecular formula is C28H22N2O2. The lowest BCUT2D eigenvalue weighted by atomic mass is 10.1. The number of carbonyl (C=O) groups excluding carboxylic acids is 2. The summed E-state index contributed by atoms with van der Waals surface area (Å²) in [7, 11) is 0. The predicted octanol–water partition coefficient (Wildman–Crippen LogP) is 5.76. The second-order valence-electron chi connectivity index (χ2n) is 7.11. The summed E-state index contributed by atoms with van der Waals surface area (Å²) in [5.41, 5.74) is 6.29. The number of nitrogens with one attached hydrogen (secondary N) is 1. The van der Waals surface area contributed by atoms with E-state index in [1.807, 2.05) is 97.1 Å². The van der Waals surface area contributed by atoms with Crippen LogP contribution in [0.3, 0.4) is 0 Å². The molecule has 0 heterocycles. The number of allylic oxidation sites excluding steroid dienone is 1. The van der Waals surface area contributed by atoms with Gasteiger partial charge in [-0.1, -0.05) is 97.1 Å². The molecule has 4 aromatic rings. The summed E-state index contributed by atoms with van der Waals surface area (Å²) in [6.07, 6.45) is 1.53. The van der Waals surface area contributed by atoms with Crippen LogP contribution in [0.5, 0.6) is 0 Å². The van der Waals surface area contributed by atoms with Crippen molar-refractivity contribution in [3.05, 3.63) is 144 Å². The van der Waals surface area contributed by atoms with E-state index in [0.717, 1.165) is 5.56 Å². The first-order valence-corrected chi connectivity index (χ1v) is 10.3. The number of ketones is 1. The molecule has 0 aliphatic heterocycles. The summed E-state index contributed by atoms with van der Waals surface area (Å²) in [6.45, 7) is 0. The molecule has 1 amide bonds. The smallest absolute Gasteiger partial charge is 0.276 e. The van der Waals surface area contributed by atoms with Gasteiger partial charge >= 0.3 is 0 Å². The monoisotopic (exact) mass is 418 g/mol. The van der Waals surface area contributed by atoms with Gasteiger partial charge in [0, 0.05) is 17.2 Å². The first-order chi connectivity index (χ1) is 15.7. The van der Waals surface area contributed by atoms with Crippen LogP contribution < -0.4 is 10.4 Å². The van der Waals surface area contributed by atoms with E-state index in [2.05, 4.69) is 5.43 Å². The average molecular weight is 418 g/mol. The zero-order valence-electron chi connectivity index (χ0n) is 17.4. The molecule has 4 rings (SSSR count). The molecule has 1 N–H and O–H groups in total. The maximum absolute atomic E-state index is 13.4. The van der Waals surface area contributed by atoms with Crippen molar-refractivity contribution < 1.29 is 9.59 Å². The lowest BCUT2D eigenvalue weighted by molar-refractivity contribution is 0.0977. The second kappa shape index (κ2) is 10.0. The number of nitrogens with zero attached hydrogens (tertiary/aromatic N) is 1. The Labute approximate surface area is 187 Å². The largest absolute Gasteiger partial charge is 0.290 e. The first-order valence-electron chi connectivity index (χ1n) is 10.3. The first kappa shape index (κ1) is 20.8. The van der Waals surface area contributed by atoms with E-state index in [9.17, 15) is 9.59 Å². The van der Waals surface area contributed by atoms with E-state index in [4.69, 9.17) is 0 Å². The molecule has 0 fully saturated rings. The number of carbonyl (C=O) groups is 2.